The van der Waals surface area contributed by atoms with E-state index in [4.69, 9.17) is 4.42 Å². The smallest absolute Gasteiger partial charge is 0.255 e. The molecule has 0 aliphatic heterocycles. The average Bonchev–Trinajstić information content (AvgIpc) is 3.82. The van der Waals surface area contributed by atoms with Crippen molar-refractivity contribution in [1.82, 2.24) is 20.5 Å². The fraction of sp³-hybridized carbons (Fsp3) is 0.357. The van der Waals surface area contributed by atoms with E-state index in [1.165, 1.54) is 18.4 Å². The van der Waals surface area contributed by atoms with Crippen LogP contribution < -0.4 is 10.6 Å². The second-order valence-electron chi connectivity index (χ2n) is 10.4. The van der Waals surface area contributed by atoms with Gasteiger partial charge in [-0.15, -0.1) is 0 Å². The van der Waals surface area contributed by atoms with Crippen molar-refractivity contribution in [3.63, 3.8) is 0 Å². The predicted octanol–water partition coefficient (Wildman–Crippen LogP) is 4.85. The zero-order chi connectivity index (χ0) is 26.6. The van der Waals surface area contributed by atoms with Crippen molar-refractivity contribution in [2.75, 3.05) is 5.32 Å². The van der Waals surface area contributed by atoms with E-state index in [2.05, 4.69) is 25.8 Å². The van der Waals surface area contributed by atoms with Gasteiger partial charge in [-0.25, -0.2) is 4.98 Å². The number of phenolic OH excluding ortho intramolecular Hbond substituents is 1. The molecule has 9 nitrogen and oxygen atoms in total. The molecule has 196 valence electrons. The first kappa shape index (κ1) is 24.1. The molecule has 10 heteroatoms. The first-order chi connectivity index (χ1) is 18.3. The highest BCUT2D eigenvalue weighted by Crippen LogP contribution is 2.51. The Labute approximate surface area is 217 Å². The summed E-state index contributed by atoms with van der Waals surface area (Å²) in [5, 5.41) is 23.0. The number of fused-ring (bicyclic) bond motifs is 1. The molecule has 2 saturated carbocycles. The number of nitrogens with one attached hydrogen (secondary N) is 3. The van der Waals surface area contributed by atoms with E-state index in [-0.39, 0.29) is 23.0 Å². The molecule has 2 amide bonds. The van der Waals surface area contributed by atoms with E-state index in [9.17, 15) is 14.7 Å². The summed E-state index contributed by atoms with van der Waals surface area (Å²) < 4.78 is 20.5. The maximum Gasteiger partial charge on any atom is 0.255 e. The summed E-state index contributed by atoms with van der Waals surface area (Å²) in [5.41, 5.74) is 3.00. The van der Waals surface area contributed by atoms with E-state index in [0.717, 1.165) is 31.4 Å². The van der Waals surface area contributed by atoms with Crippen molar-refractivity contribution in [2.45, 2.75) is 45.6 Å². The molecule has 0 bridgehead atoms. The minimum absolute atomic E-state index is 0.00781. The van der Waals surface area contributed by atoms with Gasteiger partial charge in [-0.3, -0.25) is 14.7 Å². The minimum Gasteiger partial charge on any atom is -0.508 e. The van der Waals surface area contributed by atoms with Gasteiger partial charge in [-0.2, -0.15) is 9.49 Å². The van der Waals surface area contributed by atoms with Crippen LogP contribution in [0, 0.1) is 37.5 Å². The van der Waals surface area contributed by atoms with Crippen molar-refractivity contribution >= 4 is 28.6 Å². The molecule has 4 N–H and O–H groups in total. The highest BCUT2D eigenvalue weighted by atomic mass is 19.1. The SMILES string of the molecule is Cc1n[nH]c(C)c1-c1ccc(NC(=O)[C@@H](NC(=O)c2coc3ccc(O)cc23)C(C2CC2)C2CC2)nc1F. The molecular formula is C28H28FN5O4. The first-order valence-electron chi connectivity index (χ1n) is 12.8. The number of pyridine rings is 1. The Morgan fingerprint density at radius 3 is 2.50 bits per heavy atom. The van der Waals surface area contributed by atoms with Crippen LogP contribution in [0.4, 0.5) is 10.2 Å². The Hall–Kier alpha value is -4.21. The van der Waals surface area contributed by atoms with Crippen molar-refractivity contribution in [3.05, 3.63) is 59.5 Å². The quantitative estimate of drug-likeness (QED) is 0.247. The molecule has 38 heavy (non-hydrogen) atoms. The number of amides is 2. The number of aromatic amines is 1. The number of furan rings is 1. The summed E-state index contributed by atoms with van der Waals surface area (Å²) in [5.74, 6) is -0.876. The summed E-state index contributed by atoms with van der Waals surface area (Å²) in [7, 11) is 0. The predicted molar refractivity (Wildman–Crippen MR) is 138 cm³/mol. The number of phenols is 1. The highest BCUT2D eigenvalue weighted by molar-refractivity contribution is 6.08. The zero-order valence-electron chi connectivity index (χ0n) is 21.0. The molecule has 2 fully saturated rings. The van der Waals surface area contributed by atoms with Crippen molar-refractivity contribution in [1.29, 1.82) is 0 Å². The molecule has 4 aromatic rings. The number of aromatic hydroxyl groups is 1. The van der Waals surface area contributed by atoms with Crippen LogP contribution in [0.25, 0.3) is 22.1 Å². The van der Waals surface area contributed by atoms with Gasteiger partial charge in [0.2, 0.25) is 11.9 Å². The van der Waals surface area contributed by atoms with E-state index >= 15 is 4.39 Å². The minimum atomic E-state index is -0.826. The number of carbonyl (C=O) groups is 2. The van der Waals surface area contributed by atoms with Crippen molar-refractivity contribution < 1.29 is 23.5 Å². The Morgan fingerprint density at radius 1 is 1.13 bits per heavy atom. The van der Waals surface area contributed by atoms with Crippen LogP contribution in [0.15, 0.2) is 41.0 Å². The summed E-state index contributed by atoms with van der Waals surface area (Å²) in [6, 6.07) is 6.81. The van der Waals surface area contributed by atoms with Crippen LogP contribution in [0.2, 0.25) is 0 Å². The highest BCUT2D eigenvalue weighted by Gasteiger charge is 2.48. The molecule has 6 rings (SSSR count). The number of anilines is 1. The van der Waals surface area contributed by atoms with Gasteiger partial charge < -0.3 is 20.2 Å². The Bertz CT molecular complexity index is 1520. The lowest BCUT2D eigenvalue weighted by molar-refractivity contribution is -0.119. The molecule has 2 aliphatic carbocycles. The standard InChI is InChI=1S/C28H28FN5O4/c1-13-23(14(2)34-33-13)18-8-10-22(30-26(18)29)31-28(37)25(24(15-3-4-15)16-5-6-16)32-27(36)20-12-38-21-9-7-17(35)11-19(20)21/h7-12,15-16,24-25,35H,3-6H2,1-2H3,(H,32,36)(H,33,34)(H,30,31,37)/t25-/m0/s1. The van der Waals surface area contributed by atoms with Crippen molar-refractivity contribution in [2.24, 2.45) is 17.8 Å². The number of nitrogens with zero attached hydrogens (tertiary/aromatic N) is 2. The van der Waals surface area contributed by atoms with E-state index in [1.807, 2.05) is 0 Å². The zero-order valence-corrected chi connectivity index (χ0v) is 21.0. The van der Waals surface area contributed by atoms with E-state index in [0.29, 0.717) is 39.6 Å². The van der Waals surface area contributed by atoms with Gasteiger partial charge >= 0.3 is 0 Å². The normalized spacial score (nSPS) is 16.1. The van der Waals surface area contributed by atoms with Crippen LogP contribution in [-0.2, 0) is 4.79 Å². The lowest BCUT2D eigenvalue weighted by Gasteiger charge is -2.27. The summed E-state index contributed by atoms with van der Waals surface area (Å²) in [6.07, 6.45) is 5.36. The number of halogens is 1. The molecule has 0 spiro atoms. The van der Waals surface area contributed by atoms with Crippen LogP contribution in [0.1, 0.15) is 47.4 Å². The number of carbonyl (C=O) groups excluding carboxylic acids is 2. The molecule has 3 aromatic heterocycles. The van der Waals surface area contributed by atoms with Gasteiger partial charge in [0.25, 0.3) is 5.91 Å². The number of aromatic nitrogens is 3. The molecule has 0 unspecified atom stereocenters. The second-order valence-corrected chi connectivity index (χ2v) is 10.4. The van der Waals surface area contributed by atoms with Crippen LogP contribution in [-0.4, -0.2) is 38.1 Å². The third-order valence-electron chi connectivity index (χ3n) is 7.59. The van der Waals surface area contributed by atoms with Gasteiger partial charge in [-0.1, -0.05) is 0 Å². The van der Waals surface area contributed by atoms with Crippen LogP contribution in [0.5, 0.6) is 5.75 Å². The van der Waals surface area contributed by atoms with Crippen molar-refractivity contribution in [3.8, 4) is 16.9 Å². The largest absolute Gasteiger partial charge is 0.508 e. The summed E-state index contributed by atoms with van der Waals surface area (Å²) >= 11 is 0. The van der Waals surface area contributed by atoms with E-state index in [1.54, 1.807) is 32.0 Å². The van der Waals surface area contributed by atoms with Crippen LogP contribution >= 0.6 is 0 Å². The Morgan fingerprint density at radius 2 is 1.87 bits per heavy atom. The van der Waals surface area contributed by atoms with Gasteiger partial charge in [0.1, 0.15) is 29.5 Å². The Kier molecular flexibility index (Phi) is 5.89. The lowest BCUT2D eigenvalue weighted by atomic mass is 9.88. The number of benzene rings is 1. The molecular weight excluding hydrogens is 489 g/mol. The van der Waals surface area contributed by atoms with Gasteiger partial charge in [-0.05, 0) is 87.6 Å². The van der Waals surface area contributed by atoms with Gasteiger partial charge in [0, 0.05) is 22.2 Å². The number of aryl methyl sites for hydroxylation is 2. The number of H-pyrrole nitrogens is 1. The molecule has 2 aliphatic rings. The molecule has 3 heterocycles. The molecule has 1 atom stereocenters. The van der Waals surface area contributed by atoms with Gasteiger partial charge in [0.05, 0.1) is 11.3 Å². The number of rotatable bonds is 8. The average molecular weight is 518 g/mol. The third-order valence-corrected chi connectivity index (χ3v) is 7.59. The molecule has 1 aromatic carbocycles. The summed E-state index contributed by atoms with van der Waals surface area (Å²) in [6.45, 7) is 3.58. The lowest BCUT2D eigenvalue weighted by Crippen LogP contribution is -2.50. The van der Waals surface area contributed by atoms with Gasteiger partial charge in [0.15, 0.2) is 0 Å². The number of hydrogen-bond acceptors (Lipinski definition) is 6. The maximum atomic E-state index is 15.0. The molecule has 0 saturated heterocycles. The molecule has 0 radical (unpaired) electrons. The first-order valence-corrected chi connectivity index (χ1v) is 12.8. The topological polar surface area (TPSA) is 133 Å². The second kappa shape index (κ2) is 9.27. The third kappa shape index (κ3) is 4.51. The van der Waals surface area contributed by atoms with Crippen LogP contribution in [0.3, 0.4) is 0 Å². The number of hydrogen-bond donors (Lipinski definition) is 4. The summed E-state index contributed by atoms with van der Waals surface area (Å²) in [4.78, 5) is 31.0. The fourth-order valence-corrected chi connectivity index (χ4v) is 5.48. The Balaban J connectivity index is 1.27. The fourth-order valence-electron chi connectivity index (χ4n) is 5.48. The van der Waals surface area contributed by atoms with E-state index < -0.39 is 23.8 Å². The monoisotopic (exact) mass is 517 g/mol. The maximum absolute atomic E-state index is 15.0.